The molecular weight excluding hydrogens is 406 g/mol. The lowest BCUT2D eigenvalue weighted by atomic mass is 10.0. The normalized spacial score (nSPS) is 15.7. The molecule has 31 heavy (non-hydrogen) atoms. The molecule has 1 fully saturated rings. The molecule has 1 aliphatic rings. The summed E-state index contributed by atoms with van der Waals surface area (Å²) in [6, 6.07) is -0.851. The predicted molar refractivity (Wildman–Crippen MR) is 114 cm³/mol. The van der Waals surface area contributed by atoms with Gasteiger partial charge in [0.25, 0.3) is 0 Å². The molecule has 0 bridgehead atoms. The Bertz CT molecular complexity index is 628. The number of unbranched alkanes of at least 4 members (excludes halogenated alkanes) is 1. The van der Waals surface area contributed by atoms with Crippen LogP contribution in [0, 0.1) is 0 Å². The molecule has 0 radical (unpaired) electrons. The van der Waals surface area contributed by atoms with Crippen molar-refractivity contribution in [3.63, 3.8) is 0 Å². The van der Waals surface area contributed by atoms with E-state index in [1.165, 1.54) is 0 Å². The molecule has 4 amide bonds. The number of carbonyl (C=O) groups is 4. The summed E-state index contributed by atoms with van der Waals surface area (Å²) in [6.45, 7) is 5.97. The van der Waals surface area contributed by atoms with Crippen molar-refractivity contribution < 1.29 is 29.0 Å². The summed E-state index contributed by atoms with van der Waals surface area (Å²) in [5.41, 5.74) is 5.34. The van der Waals surface area contributed by atoms with Crippen molar-refractivity contribution in [1.29, 1.82) is 0 Å². The highest BCUT2D eigenvalue weighted by molar-refractivity contribution is 5.81. The lowest BCUT2D eigenvalue weighted by Crippen LogP contribution is -2.51. The Hall–Kier alpha value is -2.56. The summed E-state index contributed by atoms with van der Waals surface area (Å²) < 4.78 is 5.24. The number of carbonyl (C=O) groups excluding carboxylic acids is 3. The third kappa shape index (κ3) is 10.3. The Morgan fingerprint density at radius 2 is 1.81 bits per heavy atom. The van der Waals surface area contributed by atoms with Crippen molar-refractivity contribution in [2.45, 2.75) is 70.6 Å². The summed E-state index contributed by atoms with van der Waals surface area (Å²) in [5.74, 6) is -1.25. The van der Waals surface area contributed by atoms with Crippen molar-refractivity contribution in [2.75, 3.05) is 33.2 Å². The van der Waals surface area contributed by atoms with Crippen LogP contribution in [0.4, 0.5) is 9.59 Å². The second kappa shape index (κ2) is 12.3. The number of carboxylic acid groups (broad SMARTS) is 1. The molecule has 0 aromatic carbocycles. The third-order valence-electron chi connectivity index (χ3n) is 4.86. The summed E-state index contributed by atoms with van der Waals surface area (Å²) in [7, 11) is 1.56. The van der Waals surface area contributed by atoms with Gasteiger partial charge in [0.2, 0.25) is 5.91 Å². The minimum Gasteiger partial charge on any atom is -0.480 e. The summed E-state index contributed by atoms with van der Waals surface area (Å²) in [6.07, 6.45) is 2.18. The van der Waals surface area contributed by atoms with E-state index in [4.69, 9.17) is 15.6 Å². The number of piperidine rings is 1. The van der Waals surface area contributed by atoms with Crippen molar-refractivity contribution in [3.8, 4) is 0 Å². The number of hydrogen-bond donors (Lipinski definition) is 4. The second-order valence-corrected chi connectivity index (χ2v) is 8.72. The number of nitrogens with two attached hydrogens (primary N) is 1. The zero-order valence-electron chi connectivity index (χ0n) is 19.0. The number of aliphatic carboxylic acids is 1. The molecule has 178 valence electrons. The van der Waals surface area contributed by atoms with Crippen molar-refractivity contribution in [1.82, 2.24) is 20.4 Å². The number of hydrogen-bond acceptors (Lipinski definition) is 6. The van der Waals surface area contributed by atoms with Gasteiger partial charge in [-0.1, -0.05) is 0 Å². The molecule has 1 aliphatic heterocycles. The number of nitrogens with zero attached hydrogens (tertiary/aromatic N) is 2. The Labute approximate surface area is 183 Å². The van der Waals surface area contributed by atoms with Gasteiger partial charge in [0.15, 0.2) is 0 Å². The van der Waals surface area contributed by atoms with Crippen molar-refractivity contribution in [3.05, 3.63) is 0 Å². The Balaban J connectivity index is 2.39. The Morgan fingerprint density at radius 3 is 2.32 bits per heavy atom. The first-order valence-corrected chi connectivity index (χ1v) is 10.6. The van der Waals surface area contributed by atoms with Gasteiger partial charge in [0, 0.05) is 32.7 Å². The first kappa shape index (κ1) is 26.5. The van der Waals surface area contributed by atoms with Gasteiger partial charge >= 0.3 is 18.1 Å². The summed E-state index contributed by atoms with van der Waals surface area (Å²) in [5, 5.41) is 14.4. The molecule has 11 heteroatoms. The van der Waals surface area contributed by atoms with E-state index in [1.807, 2.05) is 0 Å². The van der Waals surface area contributed by atoms with Crippen LogP contribution in [-0.4, -0.2) is 89.8 Å². The van der Waals surface area contributed by atoms with Crippen molar-refractivity contribution in [2.24, 2.45) is 5.73 Å². The monoisotopic (exact) mass is 443 g/mol. The molecular formula is C20H37N5O6. The topological polar surface area (TPSA) is 154 Å². The van der Waals surface area contributed by atoms with E-state index in [0.717, 1.165) is 4.90 Å². The van der Waals surface area contributed by atoms with Crippen LogP contribution in [0.5, 0.6) is 0 Å². The fraction of sp³-hybridized carbons (Fsp3) is 0.800. The second-order valence-electron chi connectivity index (χ2n) is 8.72. The van der Waals surface area contributed by atoms with E-state index in [0.29, 0.717) is 45.2 Å². The fourth-order valence-corrected chi connectivity index (χ4v) is 3.25. The maximum atomic E-state index is 12.6. The smallest absolute Gasteiger partial charge is 0.410 e. The number of urea groups is 1. The minimum absolute atomic E-state index is 0.0355. The predicted octanol–water partition coefficient (Wildman–Crippen LogP) is 0.726. The van der Waals surface area contributed by atoms with E-state index in [1.54, 1.807) is 32.7 Å². The largest absolute Gasteiger partial charge is 0.480 e. The Morgan fingerprint density at radius 1 is 1.19 bits per heavy atom. The van der Waals surface area contributed by atoms with E-state index in [9.17, 15) is 19.2 Å². The van der Waals surface area contributed by atoms with Gasteiger partial charge < -0.3 is 31.1 Å². The summed E-state index contributed by atoms with van der Waals surface area (Å²) >= 11 is 0. The number of nitrogens with one attached hydrogen (secondary N) is 2. The fourth-order valence-electron chi connectivity index (χ4n) is 3.25. The highest BCUT2D eigenvalue weighted by Gasteiger charge is 2.27. The van der Waals surface area contributed by atoms with Crippen LogP contribution >= 0.6 is 0 Å². The maximum Gasteiger partial charge on any atom is 0.410 e. The molecule has 1 heterocycles. The lowest BCUT2D eigenvalue weighted by Gasteiger charge is -2.33. The quantitative estimate of drug-likeness (QED) is 0.383. The molecule has 11 nitrogen and oxygen atoms in total. The van der Waals surface area contributed by atoms with Gasteiger partial charge in [-0.25, -0.2) is 9.59 Å². The highest BCUT2D eigenvalue weighted by atomic mass is 16.6. The molecule has 1 unspecified atom stereocenters. The van der Waals surface area contributed by atoms with Gasteiger partial charge in [-0.15, -0.1) is 0 Å². The number of ether oxygens (including phenoxy) is 1. The van der Waals surface area contributed by atoms with Crippen LogP contribution in [0.2, 0.25) is 0 Å². The molecule has 0 aliphatic carbocycles. The lowest BCUT2D eigenvalue weighted by molar-refractivity contribution is -0.138. The molecule has 0 aromatic rings. The van der Waals surface area contributed by atoms with Crippen LogP contribution in [0.15, 0.2) is 0 Å². The molecule has 5 N–H and O–H groups in total. The Kier molecular flexibility index (Phi) is 10.5. The summed E-state index contributed by atoms with van der Waals surface area (Å²) in [4.78, 5) is 50.0. The highest BCUT2D eigenvalue weighted by Crippen LogP contribution is 2.14. The number of carboxylic acids is 1. The van der Waals surface area contributed by atoms with Crippen molar-refractivity contribution >= 4 is 24.0 Å². The van der Waals surface area contributed by atoms with E-state index >= 15 is 0 Å². The van der Waals surface area contributed by atoms with Gasteiger partial charge in [0.1, 0.15) is 12.1 Å². The van der Waals surface area contributed by atoms with Crippen LogP contribution < -0.4 is 16.4 Å². The van der Waals surface area contributed by atoms with Crippen LogP contribution in [-0.2, 0) is 14.3 Å². The molecule has 1 saturated heterocycles. The standard InChI is InChI=1S/C20H37N5O6/c1-20(2,3)31-19(30)25(13-16(26)27)10-6-5-7-15(21)17(28)24-11-8-14(9-12-24)23-18(29)22-4/h14-15H,5-13,21H2,1-4H3,(H,26,27)(H2,22,23,29). The molecule has 0 aromatic heterocycles. The first-order valence-electron chi connectivity index (χ1n) is 10.6. The first-order chi connectivity index (χ1) is 14.4. The van der Waals surface area contributed by atoms with Gasteiger partial charge in [-0.3, -0.25) is 14.5 Å². The van der Waals surface area contributed by atoms with Gasteiger partial charge in [-0.05, 0) is 52.9 Å². The van der Waals surface area contributed by atoms with E-state index < -0.39 is 30.3 Å². The number of rotatable bonds is 9. The molecule has 1 atom stereocenters. The van der Waals surface area contributed by atoms with E-state index in [2.05, 4.69) is 10.6 Å². The third-order valence-corrected chi connectivity index (χ3v) is 4.86. The molecule has 0 saturated carbocycles. The SMILES string of the molecule is CNC(=O)NC1CCN(C(=O)C(N)CCCCN(CC(=O)O)C(=O)OC(C)(C)C)CC1. The average molecular weight is 444 g/mol. The zero-order valence-corrected chi connectivity index (χ0v) is 19.0. The van der Waals surface area contributed by atoms with Gasteiger partial charge in [0.05, 0.1) is 6.04 Å². The molecule has 0 spiro atoms. The number of likely N-dealkylation sites (tertiary alicyclic amines) is 1. The maximum absolute atomic E-state index is 12.6. The molecule has 1 rings (SSSR count). The number of amides is 4. The minimum atomic E-state index is -1.12. The van der Waals surface area contributed by atoms with Gasteiger partial charge in [-0.2, -0.15) is 0 Å². The van der Waals surface area contributed by atoms with Crippen LogP contribution in [0.3, 0.4) is 0 Å². The zero-order chi connectivity index (χ0) is 23.6. The average Bonchev–Trinajstić information content (AvgIpc) is 2.68. The van der Waals surface area contributed by atoms with Crippen LogP contribution in [0.25, 0.3) is 0 Å². The van der Waals surface area contributed by atoms with E-state index in [-0.39, 0.29) is 24.5 Å². The van der Waals surface area contributed by atoms with Crippen LogP contribution in [0.1, 0.15) is 52.9 Å².